The van der Waals surface area contributed by atoms with E-state index in [-0.39, 0.29) is 0 Å². The molecule has 0 bridgehead atoms. The van der Waals surface area contributed by atoms with Gasteiger partial charge in [0, 0.05) is 26.0 Å². The third-order valence-electron chi connectivity index (χ3n) is 3.17. The molecule has 3 heterocycles. The Morgan fingerprint density at radius 2 is 2.42 bits per heavy atom. The van der Waals surface area contributed by atoms with E-state index < -0.39 is 0 Å². The highest BCUT2D eigenvalue weighted by atomic mass is 16.5. The summed E-state index contributed by atoms with van der Waals surface area (Å²) in [5.74, 6) is 0. The first-order valence-corrected chi connectivity index (χ1v) is 6.53. The van der Waals surface area contributed by atoms with Gasteiger partial charge in [-0.1, -0.05) is 5.21 Å². The molecule has 102 valence electrons. The SMILES string of the molecule is Cn1cc(CNc2cnn(CC3CCCO3)c2)nn1. The Balaban J connectivity index is 1.52. The van der Waals surface area contributed by atoms with Gasteiger partial charge >= 0.3 is 0 Å². The Bertz CT molecular complexity index is 528. The lowest BCUT2D eigenvalue weighted by atomic mass is 10.2. The van der Waals surface area contributed by atoms with Crippen molar-refractivity contribution in [3.63, 3.8) is 0 Å². The number of aromatic nitrogens is 5. The minimum absolute atomic E-state index is 0.313. The molecule has 0 saturated carbocycles. The highest BCUT2D eigenvalue weighted by Gasteiger charge is 2.16. The maximum Gasteiger partial charge on any atom is 0.102 e. The lowest BCUT2D eigenvalue weighted by Crippen LogP contribution is -2.15. The Morgan fingerprint density at radius 1 is 1.47 bits per heavy atom. The van der Waals surface area contributed by atoms with E-state index in [4.69, 9.17) is 4.74 Å². The van der Waals surface area contributed by atoms with Crippen molar-refractivity contribution < 1.29 is 4.74 Å². The van der Waals surface area contributed by atoms with Crippen LogP contribution in [0.4, 0.5) is 5.69 Å². The van der Waals surface area contributed by atoms with E-state index in [2.05, 4.69) is 20.7 Å². The second-order valence-electron chi connectivity index (χ2n) is 4.82. The molecule has 2 aromatic heterocycles. The summed E-state index contributed by atoms with van der Waals surface area (Å²) in [6.45, 7) is 2.36. The number of ether oxygens (including phenoxy) is 1. The number of hydrogen-bond acceptors (Lipinski definition) is 5. The molecule has 1 atom stereocenters. The largest absolute Gasteiger partial charge is 0.377 e. The maximum absolute atomic E-state index is 5.60. The topological polar surface area (TPSA) is 69.8 Å². The van der Waals surface area contributed by atoms with Gasteiger partial charge in [0.1, 0.15) is 5.69 Å². The molecule has 7 heteroatoms. The molecule has 1 aliphatic heterocycles. The van der Waals surface area contributed by atoms with E-state index in [0.29, 0.717) is 12.6 Å². The summed E-state index contributed by atoms with van der Waals surface area (Å²) in [7, 11) is 1.86. The normalized spacial score (nSPS) is 18.9. The van der Waals surface area contributed by atoms with E-state index in [1.165, 1.54) is 0 Å². The first kappa shape index (κ1) is 12.2. The molecular formula is C12H18N6O. The molecule has 7 nitrogen and oxygen atoms in total. The van der Waals surface area contributed by atoms with E-state index >= 15 is 0 Å². The van der Waals surface area contributed by atoms with Crippen molar-refractivity contribution in [2.45, 2.75) is 32.0 Å². The van der Waals surface area contributed by atoms with E-state index in [1.54, 1.807) is 4.68 Å². The predicted octanol–water partition coefficient (Wildman–Crippen LogP) is 0.803. The standard InChI is InChI=1S/C12H18N6O/c1-17-7-11(15-16-17)5-13-10-6-14-18(8-10)9-12-3-2-4-19-12/h6-8,12-13H,2-5,9H2,1H3. The Morgan fingerprint density at radius 3 is 3.16 bits per heavy atom. The fraction of sp³-hybridized carbons (Fsp3) is 0.583. The zero-order chi connectivity index (χ0) is 13.1. The number of anilines is 1. The Labute approximate surface area is 111 Å². The summed E-state index contributed by atoms with van der Waals surface area (Å²) >= 11 is 0. The minimum atomic E-state index is 0.313. The molecule has 3 rings (SSSR count). The van der Waals surface area contributed by atoms with Crippen LogP contribution in [-0.2, 0) is 24.9 Å². The molecule has 0 aromatic carbocycles. The van der Waals surface area contributed by atoms with Crippen LogP contribution < -0.4 is 5.32 Å². The van der Waals surface area contributed by atoms with Gasteiger partial charge < -0.3 is 10.1 Å². The van der Waals surface area contributed by atoms with Crippen LogP contribution in [0.2, 0.25) is 0 Å². The number of aryl methyl sites for hydroxylation is 1. The van der Waals surface area contributed by atoms with Gasteiger partial charge in [0.2, 0.25) is 0 Å². The summed E-state index contributed by atoms with van der Waals surface area (Å²) in [4.78, 5) is 0. The molecular weight excluding hydrogens is 244 g/mol. The maximum atomic E-state index is 5.60. The summed E-state index contributed by atoms with van der Waals surface area (Å²) in [6, 6.07) is 0. The first-order valence-electron chi connectivity index (χ1n) is 6.53. The summed E-state index contributed by atoms with van der Waals surface area (Å²) in [6.07, 6.45) is 8.31. The first-order chi connectivity index (χ1) is 9.29. The molecule has 1 saturated heterocycles. The molecule has 0 radical (unpaired) electrons. The zero-order valence-corrected chi connectivity index (χ0v) is 11.0. The van der Waals surface area contributed by atoms with Crippen LogP contribution in [-0.4, -0.2) is 37.5 Å². The highest BCUT2D eigenvalue weighted by molar-refractivity contribution is 5.38. The van der Waals surface area contributed by atoms with Gasteiger partial charge in [0.05, 0.1) is 31.1 Å². The van der Waals surface area contributed by atoms with Crippen LogP contribution in [0.3, 0.4) is 0 Å². The molecule has 19 heavy (non-hydrogen) atoms. The Hall–Kier alpha value is -1.89. The van der Waals surface area contributed by atoms with Gasteiger partial charge in [-0.25, -0.2) is 0 Å². The van der Waals surface area contributed by atoms with Crippen molar-refractivity contribution in [1.82, 2.24) is 24.8 Å². The van der Waals surface area contributed by atoms with Crippen LogP contribution in [0.15, 0.2) is 18.6 Å². The molecule has 0 spiro atoms. The monoisotopic (exact) mass is 262 g/mol. The second-order valence-corrected chi connectivity index (χ2v) is 4.82. The Kier molecular flexibility index (Phi) is 3.45. The third-order valence-corrected chi connectivity index (χ3v) is 3.17. The van der Waals surface area contributed by atoms with Gasteiger partial charge in [0.25, 0.3) is 0 Å². The van der Waals surface area contributed by atoms with Crippen molar-refractivity contribution in [2.75, 3.05) is 11.9 Å². The van der Waals surface area contributed by atoms with Crippen molar-refractivity contribution in [3.05, 3.63) is 24.3 Å². The number of hydrogen-bond donors (Lipinski definition) is 1. The van der Waals surface area contributed by atoms with Gasteiger partial charge in [-0.2, -0.15) is 5.10 Å². The summed E-state index contributed by atoms with van der Waals surface area (Å²) < 4.78 is 9.21. The lowest BCUT2D eigenvalue weighted by Gasteiger charge is -2.08. The molecule has 0 amide bonds. The quantitative estimate of drug-likeness (QED) is 0.863. The fourth-order valence-electron chi connectivity index (χ4n) is 2.22. The average Bonchev–Trinajstić information content (AvgIpc) is 3.10. The van der Waals surface area contributed by atoms with E-state index in [1.807, 2.05) is 30.3 Å². The van der Waals surface area contributed by atoms with Gasteiger partial charge in [-0.3, -0.25) is 9.36 Å². The molecule has 0 aliphatic carbocycles. The highest BCUT2D eigenvalue weighted by Crippen LogP contribution is 2.15. The van der Waals surface area contributed by atoms with Gasteiger partial charge in [-0.05, 0) is 12.8 Å². The number of rotatable bonds is 5. The third kappa shape index (κ3) is 3.11. The fourth-order valence-corrected chi connectivity index (χ4v) is 2.22. The smallest absolute Gasteiger partial charge is 0.102 e. The van der Waals surface area contributed by atoms with Crippen LogP contribution in [0.1, 0.15) is 18.5 Å². The molecule has 2 aromatic rings. The molecule has 1 aliphatic rings. The zero-order valence-electron chi connectivity index (χ0n) is 11.0. The minimum Gasteiger partial charge on any atom is -0.377 e. The number of nitrogens with one attached hydrogen (secondary N) is 1. The van der Waals surface area contributed by atoms with Crippen LogP contribution >= 0.6 is 0 Å². The molecule has 1 N–H and O–H groups in total. The van der Waals surface area contributed by atoms with Crippen molar-refractivity contribution in [3.8, 4) is 0 Å². The second kappa shape index (κ2) is 5.40. The van der Waals surface area contributed by atoms with Gasteiger partial charge in [-0.15, -0.1) is 5.10 Å². The average molecular weight is 262 g/mol. The van der Waals surface area contributed by atoms with Crippen molar-refractivity contribution in [2.24, 2.45) is 7.05 Å². The van der Waals surface area contributed by atoms with E-state index in [0.717, 1.165) is 37.4 Å². The molecule has 1 fully saturated rings. The van der Waals surface area contributed by atoms with Crippen LogP contribution in [0, 0.1) is 0 Å². The predicted molar refractivity (Wildman–Crippen MR) is 69.5 cm³/mol. The number of nitrogens with zero attached hydrogens (tertiary/aromatic N) is 5. The summed E-state index contributed by atoms with van der Waals surface area (Å²) in [5, 5.41) is 15.5. The van der Waals surface area contributed by atoms with Crippen LogP contribution in [0.25, 0.3) is 0 Å². The van der Waals surface area contributed by atoms with Crippen LogP contribution in [0.5, 0.6) is 0 Å². The van der Waals surface area contributed by atoms with Crippen molar-refractivity contribution in [1.29, 1.82) is 0 Å². The van der Waals surface area contributed by atoms with Crippen molar-refractivity contribution >= 4 is 5.69 Å². The summed E-state index contributed by atoms with van der Waals surface area (Å²) in [5.41, 5.74) is 1.90. The van der Waals surface area contributed by atoms with E-state index in [9.17, 15) is 0 Å². The van der Waals surface area contributed by atoms with Gasteiger partial charge in [0.15, 0.2) is 0 Å². The molecule has 1 unspecified atom stereocenters. The lowest BCUT2D eigenvalue weighted by molar-refractivity contribution is 0.0940.